The molecular formula is C21H34O. The topological polar surface area (TPSA) is 17.1 Å². The van der Waals surface area contributed by atoms with Gasteiger partial charge < -0.3 is 0 Å². The number of aldehydes is 1. The van der Waals surface area contributed by atoms with E-state index in [1.165, 1.54) is 64.2 Å². The zero-order chi connectivity index (χ0) is 15.8. The summed E-state index contributed by atoms with van der Waals surface area (Å²) in [6, 6.07) is 0. The van der Waals surface area contributed by atoms with Crippen molar-refractivity contribution < 1.29 is 4.79 Å². The van der Waals surface area contributed by atoms with Crippen LogP contribution in [0.2, 0.25) is 0 Å². The van der Waals surface area contributed by atoms with Crippen molar-refractivity contribution in [2.75, 3.05) is 0 Å². The summed E-state index contributed by atoms with van der Waals surface area (Å²) >= 11 is 0. The molecule has 2 fully saturated rings. The Balaban J connectivity index is 1.69. The first-order valence-corrected chi connectivity index (χ1v) is 9.53. The molecule has 0 bridgehead atoms. The van der Waals surface area contributed by atoms with Crippen LogP contribution in [0.3, 0.4) is 0 Å². The summed E-state index contributed by atoms with van der Waals surface area (Å²) in [5.41, 5.74) is 1.59. The van der Waals surface area contributed by atoms with Gasteiger partial charge in [-0.15, -0.1) is 0 Å². The molecule has 0 aliphatic heterocycles. The molecule has 0 unspecified atom stereocenters. The smallest absolute Gasteiger partial charge is 0.142 e. The van der Waals surface area contributed by atoms with Gasteiger partial charge in [0.25, 0.3) is 0 Å². The van der Waals surface area contributed by atoms with Crippen LogP contribution in [0, 0.1) is 23.7 Å². The molecule has 0 amide bonds. The lowest BCUT2D eigenvalue weighted by atomic mass is 9.70. The molecule has 2 aliphatic carbocycles. The van der Waals surface area contributed by atoms with Crippen molar-refractivity contribution in [3.05, 3.63) is 24.3 Å². The Kier molecular flexibility index (Phi) is 7.42. The minimum Gasteiger partial charge on any atom is -0.299 e. The molecule has 0 aromatic rings. The van der Waals surface area contributed by atoms with Gasteiger partial charge in [0.2, 0.25) is 0 Å². The summed E-state index contributed by atoms with van der Waals surface area (Å²) in [5, 5.41) is 0. The molecule has 1 nitrogen and oxygen atoms in total. The van der Waals surface area contributed by atoms with Crippen molar-refractivity contribution in [3.63, 3.8) is 0 Å². The minimum atomic E-state index is 0.796. The maximum Gasteiger partial charge on any atom is 0.142 e. The summed E-state index contributed by atoms with van der Waals surface area (Å²) in [6.45, 7) is 6.85. The highest BCUT2D eigenvalue weighted by Gasteiger charge is 2.28. The van der Waals surface area contributed by atoms with Crippen LogP contribution in [0.15, 0.2) is 24.3 Å². The van der Waals surface area contributed by atoms with E-state index in [2.05, 4.69) is 13.5 Å². The van der Waals surface area contributed by atoms with Crippen LogP contribution in [0.4, 0.5) is 0 Å². The van der Waals surface area contributed by atoms with Gasteiger partial charge in [-0.25, -0.2) is 0 Å². The lowest BCUT2D eigenvalue weighted by molar-refractivity contribution is -0.104. The molecule has 124 valence electrons. The van der Waals surface area contributed by atoms with Gasteiger partial charge in [-0.2, -0.15) is 0 Å². The van der Waals surface area contributed by atoms with Crippen molar-refractivity contribution in [1.29, 1.82) is 0 Å². The van der Waals surface area contributed by atoms with Crippen molar-refractivity contribution >= 4 is 6.29 Å². The third kappa shape index (κ3) is 5.11. The Labute approximate surface area is 137 Å². The SMILES string of the molecule is C=C([C@H]1CC[C@H](CC)CC1)[C@H]1CC[C@H](CC/C=C/C=O)CC1. The fraction of sp³-hybridized carbons (Fsp3) is 0.762. The Bertz CT molecular complexity index is 365. The second-order valence-electron chi connectivity index (χ2n) is 7.56. The fourth-order valence-corrected chi connectivity index (χ4v) is 4.58. The molecule has 2 rings (SSSR count). The predicted molar refractivity (Wildman–Crippen MR) is 94.8 cm³/mol. The highest BCUT2D eigenvalue weighted by molar-refractivity contribution is 5.64. The second kappa shape index (κ2) is 9.33. The molecule has 0 radical (unpaired) electrons. The second-order valence-corrected chi connectivity index (χ2v) is 7.56. The molecule has 22 heavy (non-hydrogen) atoms. The molecule has 2 aliphatic rings. The molecule has 0 spiro atoms. The minimum absolute atomic E-state index is 0.796. The van der Waals surface area contributed by atoms with Crippen molar-refractivity contribution in [1.82, 2.24) is 0 Å². The maximum absolute atomic E-state index is 10.3. The Morgan fingerprint density at radius 2 is 1.50 bits per heavy atom. The average Bonchev–Trinajstić information content (AvgIpc) is 2.59. The summed E-state index contributed by atoms with van der Waals surface area (Å²) in [4.78, 5) is 10.3. The van der Waals surface area contributed by atoms with Gasteiger partial charge in [-0.3, -0.25) is 4.79 Å². The predicted octanol–water partition coefficient (Wildman–Crippen LogP) is 6.10. The van der Waals surface area contributed by atoms with Crippen LogP contribution in [-0.4, -0.2) is 6.29 Å². The lowest BCUT2D eigenvalue weighted by Gasteiger charge is -2.36. The van der Waals surface area contributed by atoms with Crippen molar-refractivity contribution in [3.8, 4) is 0 Å². The van der Waals surface area contributed by atoms with E-state index >= 15 is 0 Å². The van der Waals surface area contributed by atoms with E-state index in [1.54, 1.807) is 11.6 Å². The molecule has 0 saturated heterocycles. The molecular weight excluding hydrogens is 268 g/mol. The highest BCUT2D eigenvalue weighted by atomic mass is 16.1. The molecule has 0 aromatic heterocycles. The van der Waals surface area contributed by atoms with E-state index in [1.807, 2.05) is 6.08 Å². The fourth-order valence-electron chi connectivity index (χ4n) is 4.58. The molecule has 0 aromatic carbocycles. The van der Waals surface area contributed by atoms with Gasteiger partial charge in [-0.1, -0.05) is 31.6 Å². The number of rotatable bonds is 7. The largest absolute Gasteiger partial charge is 0.299 e. The lowest BCUT2D eigenvalue weighted by Crippen LogP contribution is -2.23. The molecule has 0 atom stereocenters. The van der Waals surface area contributed by atoms with Crippen molar-refractivity contribution in [2.45, 2.75) is 77.6 Å². The first-order valence-electron chi connectivity index (χ1n) is 9.53. The van der Waals surface area contributed by atoms with E-state index < -0.39 is 0 Å². The van der Waals surface area contributed by atoms with Crippen LogP contribution >= 0.6 is 0 Å². The number of hydrogen-bond acceptors (Lipinski definition) is 1. The van der Waals surface area contributed by atoms with Gasteiger partial charge in [-0.05, 0) is 94.0 Å². The summed E-state index contributed by atoms with van der Waals surface area (Å²) in [7, 11) is 0. The number of carbonyl (C=O) groups excluding carboxylic acids is 1. The number of allylic oxidation sites excluding steroid dienone is 3. The summed E-state index contributed by atoms with van der Waals surface area (Å²) in [6.07, 6.45) is 19.3. The first-order chi connectivity index (χ1) is 10.7. The van der Waals surface area contributed by atoms with Gasteiger partial charge >= 0.3 is 0 Å². The number of carbonyl (C=O) groups is 1. The van der Waals surface area contributed by atoms with Gasteiger partial charge in [0.1, 0.15) is 6.29 Å². The summed E-state index contributed by atoms with van der Waals surface area (Å²) < 4.78 is 0. The molecule has 0 heterocycles. The zero-order valence-corrected chi connectivity index (χ0v) is 14.4. The first kappa shape index (κ1) is 17.5. The van der Waals surface area contributed by atoms with E-state index in [-0.39, 0.29) is 0 Å². The van der Waals surface area contributed by atoms with Crippen LogP contribution in [-0.2, 0) is 4.79 Å². The van der Waals surface area contributed by atoms with Crippen LogP contribution < -0.4 is 0 Å². The van der Waals surface area contributed by atoms with Gasteiger partial charge in [0, 0.05) is 0 Å². The summed E-state index contributed by atoms with van der Waals surface area (Å²) in [5.74, 6) is 3.47. The van der Waals surface area contributed by atoms with Crippen LogP contribution in [0.5, 0.6) is 0 Å². The maximum atomic E-state index is 10.3. The zero-order valence-electron chi connectivity index (χ0n) is 14.4. The normalized spacial score (nSPS) is 33.0. The monoisotopic (exact) mass is 302 g/mol. The van der Waals surface area contributed by atoms with E-state index in [0.717, 1.165) is 36.4 Å². The van der Waals surface area contributed by atoms with E-state index in [4.69, 9.17) is 0 Å². The molecule has 2 saturated carbocycles. The molecule has 1 heteroatoms. The third-order valence-electron chi connectivity index (χ3n) is 6.28. The Morgan fingerprint density at radius 1 is 0.955 bits per heavy atom. The van der Waals surface area contributed by atoms with Crippen molar-refractivity contribution in [2.24, 2.45) is 23.7 Å². The highest BCUT2D eigenvalue weighted by Crippen LogP contribution is 2.42. The van der Waals surface area contributed by atoms with Crippen LogP contribution in [0.25, 0.3) is 0 Å². The van der Waals surface area contributed by atoms with Crippen LogP contribution in [0.1, 0.15) is 77.6 Å². The van der Waals surface area contributed by atoms with Gasteiger partial charge in [0.15, 0.2) is 0 Å². The van der Waals surface area contributed by atoms with E-state index in [9.17, 15) is 4.79 Å². The molecule has 0 N–H and O–H groups in total. The van der Waals surface area contributed by atoms with Gasteiger partial charge in [0.05, 0.1) is 0 Å². The average molecular weight is 303 g/mol. The Hall–Kier alpha value is -0.850. The number of hydrogen-bond donors (Lipinski definition) is 0. The standard InChI is InChI=1S/C21H34O/c1-3-18-8-12-20(13-9-18)17(2)21-14-10-19(11-15-21)7-5-4-6-16-22/h4,6,16,18-21H,2-3,5,7-15H2,1H3/b6-4+/t18-,19-,20-,21-. The third-order valence-corrected chi connectivity index (χ3v) is 6.28. The Morgan fingerprint density at radius 3 is 2.00 bits per heavy atom. The quantitative estimate of drug-likeness (QED) is 0.315. The van der Waals surface area contributed by atoms with E-state index in [0.29, 0.717) is 0 Å².